The maximum atomic E-state index is 12.0. The zero-order valence-corrected chi connectivity index (χ0v) is 76.0. The predicted octanol–water partition coefficient (Wildman–Crippen LogP) is 28.0. The van der Waals surface area contributed by atoms with E-state index in [1.807, 2.05) is 109 Å². The number of hydrogen-bond donors (Lipinski definition) is 0. The molecule has 0 aliphatic rings. The lowest BCUT2D eigenvalue weighted by Gasteiger charge is -2.26. The first kappa shape index (κ1) is 92.4. The molecule has 0 saturated carbocycles. The van der Waals surface area contributed by atoms with Crippen molar-refractivity contribution in [1.29, 1.82) is 0 Å². The second-order valence-electron chi connectivity index (χ2n) is 32.7. The largest absolute Gasteiger partial charge is 0.497 e. The summed E-state index contributed by atoms with van der Waals surface area (Å²) >= 11 is 0. The lowest BCUT2D eigenvalue weighted by Crippen LogP contribution is -2.19. The first-order valence-corrected chi connectivity index (χ1v) is 44.6. The van der Waals surface area contributed by atoms with Crippen LogP contribution in [0.25, 0.3) is 0 Å². The standard InChI is InChI=1S/C51H46N2O5.C48H44N2O2.C19H20O3/c1-38(54)57-37-51(55)58-50-35-31-48(32-36-50)53(44-11-7-4-8-12-44)46-27-23-42(24-28-46)20-18-40-15-13-39(14-16-40)17-19-41-21-25-45(26-22-41)52(43-9-5-3-6-10-43)47-29-33-49(56-2)34-30-47;1-51-47-33-29-45(30-34-47)49(41-9-5-3-6-10-41)43-25-21-39(22-26-43)19-17-37-13-15-38(16-14-37)18-20-40-23-27-44(28-24-40)50(42-11-7-4-8-12-42)46-31-35-48(52-2)36-32-46;1-13(20)15-5-7-16(8-6-15)19(3,4)17-9-11-18(12-10-17)22-14(2)21/h3-16,21-36H,17-20,37H2,1-2H3;3-16,21-36H,17-20H2,1-2H3;5-12H,1-4H3. The van der Waals surface area contributed by atoms with E-state index in [2.05, 4.69) is 312 Å². The molecule has 14 nitrogen and oxygen atoms in total. The van der Waals surface area contributed by atoms with Gasteiger partial charge in [0.2, 0.25) is 0 Å². The maximum absolute atomic E-state index is 12.0. The van der Waals surface area contributed by atoms with E-state index in [1.165, 1.54) is 58.4 Å². The minimum Gasteiger partial charge on any atom is -0.497 e. The SMILES string of the molecule is CC(=O)Oc1ccc(C(C)(C)c2ccc(C(C)=O)cc2)cc1.COc1ccc(N(c2ccccc2)c2ccc(CCc3ccc(CCc4ccc(N(c5ccccc5)c5ccc(OC(=O)COC(C)=O)cc5)cc4)cc3)cc2)cc1.COc1ccc(N(c2ccccc2)c2ccc(CCc3ccc(CCc4ccc(N(c5ccccc5)c5ccc(OC)cc5)cc4)cc3)cc2)cc1. The molecule has 16 aromatic rings. The van der Waals surface area contributed by atoms with Gasteiger partial charge in [0, 0.05) is 93.1 Å². The number of aryl methyl sites for hydroxylation is 8. The third kappa shape index (κ3) is 25.6. The van der Waals surface area contributed by atoms with Crippen molar-refractivity contribution in [3.8, 4) is 28.7 Å². The molecule has 662 valence electrons. The van der Waals surface area contributed by atoms with Gasteiger partial charge in [-0.15, -0.1) is 0 Å². The second kappa shape index (κ2) is 45.8. The highest BCUT2D eigenvalue weighted by molar-refractivity contribution is 5.94. The van der Waals surface area contributed by atoms with Gasteiger partial charge in [-0.1, -0.05) is 220 Å². The highest BCUT2D eigenvalue weighted by atomic mass is 16.6. The zero-order chi connectivity index (χ0) is 92.0. The predicted molar refractivity (Wildman–Crippen MR) is 535 cm³/mol. The lowest BCUT2D eigenvalue weighted by atomic mass is 9.78. The summed E-state index contributed by atoms with van der Waals surface area (Å²) in [7, 11) is 5.08. The minimum atomic E-state index is -0.634. The van der Waals surface area contributed by atoms with Gasteiger partial charge >= 0.3 is 17.9 Å². The van der Waals surface area contributed by atoms with Crippen LogP contribution in [0.3, 0.4) is 0 Å². The van der Waals surface area contributed by atoms with Crippen molar-refractivity contribution in [3.63, 3.8) is 0 Å². The molecular weight excluding hydrogens is 1630 g/mol. The third-order valence-corrected chi connectivity index (χ3v) is 23.3. The summed E-state index contributed by atoms with van der Waals surface area (Å²) in [6, 6.07) is 142. The van der Waals surface area contributed by atoms with E-state index < -0.39 is 18.5 Å². The molecule has 0 fully saturated rings. The number of para-hydroxylation sites is 4. The number of Topliss-reactive ketones (excluding diaryl/α,β-unsaturated/α-hetero) is 1. The van der Waals surface area contributed by atoms with Crippen LogP contribution in [-0.4, -0.2) is 51.6 Å². The van der Waals surface area contributed by atoms with Gasteiger partial charge in [0.15, 0.2) is 12.4 Å². The average molecular weight is 1740 g/mol. The number of esters is 3. The van der Waals surface area contributed by atoms with Crippen LogP contribution >= 0.6 is 0 Å². The molecule has 0 atom stereocenters. The summed E-state index contributed by atoms with van der Waals surface area (Å²) < 4.78 is 31.3. The Morgan fingerprint density at radius 1 is 0.227 bits per heavy atom. The molecule has 0 aliphatic heterocycles. The Balaban J connectivity index is 0.000000174. The molecule has 0 aromatic heterocycles. The number of nitrogens with zero attached hydrogens (tertiary/aromatic N) is 4. The summed E-state index contributed by atoms with van der Waals surface area (Å²) in [5, 5.41) is 0. The highest BCUT2D eigenvalue weighted by Gasteiger charge is 2.25. The molecule has 0 radical (unpaired) electrons. The Labute approximate surface area is 776 Å². The van der Waals surface area contributed by atoms with Crippen LogP contribution in [0.15, 0.2) is 413 Å². The van der Waals surface area contributed by atoms with Crippen molar-refractivity contribution < 1.29 is 47.6 Å². The topological polar surface area (TPSA) is 137 Å². The maximum Gasteiger partial charge on any atom is 0.349 e. The van der Waals surface area contributed by atoms with Crippen molar-refractivity contribution in [2.45, 2.75) is 91.4 Å². The number of hydrogen-bond acceptors (Lipinski definition) is 14. The van der Waals surface area contributed by atoms with Crippen LogP contribution in [0.2, 0.25) is 0 Å². The smallest absolute Gasteiger partial charge is 0.349 e. The van der Waals surface area contributed by atoms with Crippen LogP contribution in [-0.2, 0) is 75.9 Å². The number of ketones is 1. The fourth-order valence-electron chi connectivity index (χ4n) is 15.8. The molecule has 0 aliphatic carbocycles. The normalized spacial score (nSPS) is 10.8. The number of benzene rings is 16. The van der Waals surface area contributed by atoms with E-state index in [-0.39, 0.29) is 17.2 Å². The summed E-state index contributed by atoms with van der Waals surface area (Å²) in [5.74, 6) is 2.02. The van der Waals surface area contributed by atoms with Crippen LogP contribution in [0.5, 0.6) is 28.7 Å². The van der Waals surface area contributed by atoms with E-state index in [0.29, 0.717) is 17.1 Å². The van der Waals surface area contributed by atoms with Crippen LogP contribution in [0, 0.1) is 0 Å². The van der Waals surface area contributed by atoms with Gasteiger partial charge in [-0.05, 0) is 320 Å². The lowest BCUT2D eigenvalue weighted by molar-refractivity contribution is -0.152. The van der Waals surface area contributed by atoms with Crippen LogP contribution in [0.4, 0.5) is 68.2 Å². The Bertz CT molecular complexity index is 6160. The Morgan fingerprint density at radius 2 is 0.424 bits per heavy atom. The number of methoxy groups -OCH3 is 3. The second-order valence-corrected chi connectivity index (χ2v) is 32.7. The zero-order valence-electron chi connectivity index (χ0n) is 76.0. The summed E-state index contributed by atoms with van der Waals surface area (Å²) in [5.41, 5.74) is 26.3. The van der Waals surface area contributed by atoms with Crippen LogP contribution in [0.1, 0.15) is 101 Å². The highest BCUT2D eigenvalue weighted by Crippen LogP contribution is 2.42. The van der Waals surface area contributed by atoms with Gasteiger partial charge in [-0.2, -0.15) is 0 Å². The first-order chi connectivity index (χ1) is 64.4. The molecule has 0 unspecified atom stereocenters. The monoisotopic (exact) mass is 1740 g/mol. The molecule has 16 aromatic carbocycles. The Kier molecular flexibility index (Phi) is 32.0. The van der Waals surface area contributed by atoms with E-state index >= 15 is 0 Å². The van der Waals surface area contributed by atoms with E-state index in [1.54, 1.807) is 52.5 Å². The fraction of sp³-hybridized carbons (Fsp3) is 0.153. The molecule has 0 N–H and O–H groups in total. The van der Waals surface area contributed by atoms with Gasteiger partial charge in [-0.3, -0.25) is 14.4 Å². The molecule has 0 bridgehead atoms. The summed E-state index contributed by atoms with van der Waals surface area (Å²) in [6.45, 7) is 8.01. The molecule has 0 amide bonds. The van der Waals surface area contributed by atoms with Crippen molar-refractivity contribution in [2.24, 2.45) is 0 Å². The number of ether oxygens (including phenoxy) is 6. The molecular formula is C118H110N4O10. The minimum absolute atomic E-state index is 0.0649. The number of anilines is 12. The number of carbonyl (C=O) groups excluding carboxylic acids is 4. The van der Waals surface area contributed by atoms with E-state index in [4.69, 9.17) is 28.4 Å². The molecule has 14 heteroatoms. The van der Waals surface area contributed by atoms with Gasteiger partial charge in [0.1, 0.15) is 28.7 Å². The van der Waals surface area contributed by atoms with Crippen molar-refractivity contribution in [1.82, 2.24) is 0 Å². The van der Waals surface area contributed by atoms with Crippen molar-refractivity contribution in [3.05, 3.63) is 474 Å². The quantitative estimate of drug-likeness (QED) is 0.0215. The molecule has 0 saturated heterocycles. The van der Waals surface area contributed by atoms with E-state index in [9.17, 15) is 19.2 Å². The number of carbonyl (C=O) groups is 4. The Morgan fingerprint density at radius 3 is 0.644 bits per heavy atom. The van der Waals surface area contributed by atoms with Crippen molar-refractivity contribution in [2.75, 3.05) is 47.5 Å². The van der Waals surface area contributed by atoms with Gasteiger partial charge in [-0.25, -0.2) is 4.79 Å². The van der Waals surface area contributed by atoms with Gasteiger partial charge in [0.25, 0.3) is 0 Å². The molecule has 132 heavy (non-hydrogen) atoms. The average Bonchev–Trinajstić information content (AvgIpc) is 0.817. The Hall–Kier alpha value is -15.8. The third-order valence-electron chi connectivity index (χ3n) is 23.3. The number of rotatable bonds is 34. The first-order valence-electron chi connectivity index (χ1n) is 44.6. The van der Waals surface area contributed by atoms with Gasteiger partial charge in [0.05, 0.1) is 21.3 Å². The molecule has 0 spiro atoms. The molecule has 16 rings (SSSR count). The molecule has 0 heterocycles. The summed E-state index contributed by atoms with van der Waals surface area (Å²) in [6.07, 6.45) is 7.84. The summed E-state index contributed by atoms with van der Waals surface area (Å²) in [4.78, 5) is 54.3. The van der Waals surface area contributed by atoms with Crippen LogP contribution < -0.4 is 43.3 Å². The van der Waals surface area contributed by atoms with Gasteiger partial charge < -0.3 is 48.0 Å². The van der Waals surface area contributed by atoms with Crippen molar-refractivity contribution >= 4 is 91.9 Å². The van der Waals surface area contributed by atoms with E-state index in [0.717, 1.165) is 148 Å². The fourth-order valence-corrected chi connectivity index (χ4v) is 15.8.